The van der Waals surface area contributed by atoms with Gasteiger partial charge in [-0.2, -0.15) is 12.6 Å². The molecule has 1 aliphatic rings. The summed E-state index contributed by atoms with van der Waals surface area (Å²) in [6, 6.07) is -0.0918. The molecule has 22 heavy (non-hydrogen) atoms. The Morgan fingerprint density at radius 3 is 2.64 bits per heavy atom. The summed E-state index contributed by atoms with van der Waals surface area (Å²) < 4.78 is 9.82. The van der Waals surface area contributed by atoms with Crippen molar-refractivity contribution in [3.05, 3.63) is 37.5 Å². The number of likely N-dealkylation sites (tertiary alicyclic amines) is 1. The summed E-state index contributed by atoms with van der Waals surface area (Å²) in [7, 11) is 0. The van der Waals surface area contributed by atoms with Crippen molar-refractivity contribution in [2.45, 2.75) is 17.7 Å². The standard InChI is InChI=1S/C15H22N2O4S/c1-3-8-20-14(18)16-7-5-6-12-10-13(22)11-17(12)15(19)21-9-4-2/h3-6,12-13,22H,1-2,7-11H2,(H,16,18)/b6-5-/t12-,13+/m1/s1. The molecule has 1 N–H and O–H groups in total. The quantitative estimate of drug-likeness (QED) is 0.556. The van der Waals surface area contributed by atoms with Gasteiger partial charge in [0.05, 0.1) is 6.04 Å². The normalized spacial score (nSPS) is 20.7. The molecule has 0 unspecified atom stereocenters. The van der Waals surface area contributed by atoms with E-state index >= 15 is 0 Å². The zero-order valence-corrected chi connectivity index (χ0v) is 13.3. The van der Waals surface area contributed by atoms with Gasteiger partial charge in [0.15, 0.2) is 0 Å². The van der Waals surface area contributed by atoms with Crippen LogP contribution in [0, 0.1) is 0 Å². The van der Waals surface area contributed by atoms with Crippen LogP contribution in [0.15, 0.2) is 37.5 Å². The van der Waals surface area contributed by atoms with E-state index in [1.165, 1.54) is 12.2 Å². The van der Waals surface area contributed by atoms with E-state index < -0.39 is 6.09 Å². The molecule has 0 aromatic rings. The van der Waals surface area contributed by atoms with Crippen molar-refractivity contribution in [1.82, 2.24) is 10.2 Å². The van der Waals surface area contributed by atoms with Crippen LogP contribution < -0.4 is 5.32 Å². The number of ether oxygens (including phenoxy) is 2. The predicted octanol–water partition coefficient (Wildman–Crippen LogP) is 2.15. The first-order chi connectivity index (χ1) is 10.6. The number of hydrogen-bond acceptors (Lipinski definition) is 5. The molecule has 0 aromatic carbocycles. The molecule has 1 saturated heterocycles. The fourth-order valence-corrected chi connectivity index (χ4v) is 2.39. The number of nitrogens with zero attached hydrogens (tertiary/aromatic N) is 1. The monoisotopic (exact) mass is 326 g/mol. The van der Waals surface area contributed by atoms with Gasteiger partial charge in [0, 0.05) is 18.3 Å². The molecule has 2 atom stereocenters. The third-order valence-electron chi connectivity index (χ3n) is 2.94. The van der Waals surface area contributed by atoms with Gasteiger partial charge in [-0.3, -0.25) is 0 Å². The van der Waals surface area contributed by atoms with Crippen LogP contribution in [0.4, 0.5) is 9.59 Å². The van der Waals surface area contributed by atoms with Crippen LogP contribution in [-0.2, 0) is 9.47 Å². The van der Waals surface area contributed by atoms with Crippen LogP contribution in [-0.4, -0.2) is 54.7 Å². The van der Waals surface area contributed by atoms with Crippen LogP contribution >= 0.6 is 12.6 Å². The Bertz CT molecular complexity index is 439. The van der Waals surface area contributed by atoms with E-state index in [2.05, 4.69) is 31.1 Å². The maximum atomic E-state index is 11.9. The average Bonchev–Trinajstić information content (AvgIpc) is 2.88. The molecule has 1 heterocycles. The Morgan fingerprint density at radius 2 is 1.95 bits per heavy atom. The van der Waals surface area contributed by atoms with Crippen LogP contribution in [0.1, 0.15) is 6.42 Å². The van der Waals surface area contributed by atoms with E-state index in [4.69, 9.17) is 9.47 Å². The fourth-order valence-electron chi connectivity index (χ4n) is 2.00. The minimum atomic E-state index is -0.509. The lowest BCUT2D eigenvalue weighted by atomic mass is 10.2. The molecule has 1 rings (SSSR count). The molecule has 0 aliphatic carbocycles. The molecule has 0 radical (unpaired) electrons. The van der Waals surface area contributed by atoms with Gasteiger partial charge in [-0.1, -0.05) is 37.5 Å². The Hall–Kier alpha value is -1.89. The Balaban J connectivity index is 2.42. The lowest BCUT2D eigenvalue weighted by Gasteiger charge is -2.21. The second kappa shape index (κ2) is 9.94. The maximum absolute atomic E-state index is 11.9. The molecule has 0 spiro atoms. The molecule has 2 amide bonds. The number of rotatable bonds is 7. The van der Waals surface area contributed by atoms with Crippen molar-refractivity contribution in [3.63, 3.8) is 0 Å². The van der Waals surface area contributed by atoms with E-state index in [1.807, 2.05) is 6.08 Å². The van der Waals surface area contributed by atoms with Gasteiger partial charge in [-0.25, -0.2) is 9.59 Å². The summed E-state index contributed by atoms with van der Waals surface area (Å²) in [5.41, 5.74) is 0. The Morgan fingerprint density at radius 1 is 1.27 bits per heavy atom. The Kier molecular flexibility index (Phi) is 8.21. The van der Waals surface area contributed by atoms with Crippen LogP contribution in [0.25, 0.3) is 0 Å². The van der Waals surface area contributed by atoms with Crippen molar-refractivity contribution >= 4 is 24.8 Å². The first kappa shape index (κ1) is 18.2. The second-order valence-corrected chi connectivity index (χ2v) is 5.40. The number of amides is 2. The smallest absolute Gasteiger partial charge is 0.410 e. The molecule has 0 saturated carbocycles. The van der Waals surface area contributed by atoms with Crippen molar-refractivity contribution in [2.75, 3.05) is 26.3 Å². The minimum Gasteiger partial charge on any atom is -0.445 e. The van der Waals surface area contributed by atoms with Gasteiger partial charge in [-0.05, 0) is 6.42 Å². The van der Waals surface area contributed by atoms with Crippen molar-refractivity contribution in [2.24, 2.45) is 0 Å². The molecule has 0 aromatic heterocycles. The van der Waals surface area contributed by atoms with E-state index in [-0.39, 0.29) is 30.6 Å². The zero-order valence-electron chi connectivity index (χ0n) is 12.4. The van der Waals surface area contributed by atoms with Crippen molar-refractivity contribution in [3.8, 4) is 0 Å². The van der Waals surface area contributed by atoms with Crippen LogP contribution in [0.5, 0.6) is 0 Å². The number of hydrogen-bond donors (Lipinski definition) is 2. The highest BCUT2D eigenvalue weighted by Crippen LogP contribution is 2.23. The third kappa shape index (κ3) is 6.26. The lowest BCUT2D eigenvalue weighted by Crippen LogP contribution is -2.35. The van der Waals surface area contributed by atoms with Crippen LogP contribution in [0.3, 0.4) is 0 Å². The molecule has 7 heteroatoms. The maximum Gasteiger partial charge on any atom is 0.410 e. The number of carbonyl (C=O) groups excluding carboxylic acids is 2. The summed E-state index contributed by atoms with van der Waals surface area (Å²) in [5.74, 6) is 0. The lowest BCUT2D eigenvalue weighted by molar-refractivity contribution is 0.114. The molecule has 6 nitrogen and oxygen atoms in total. The van der Waals surface area contributed by atoms with E-state index in [0.29, 0.717) is 13.1 Å². The van der Waals surface area contributed by atoms with E-state index in [9.17, 15) is 9.59 Å². The second-order valence-electron chi connectivity index (χ2n) is 4.67. The van der Waals surface area contributed by atoms with Gasteiger partial charge >= 0.3 is 12.2 Å². The summed E-state index contributed by atoms with van der Waals surface area (Å²) >= 11 is 4.41. The molecular formula is C15H22N2O4S. The number of carbonyl (C=O) groups is 2. The van der Waals surface area contributed by atoms with Gasteiger partial charge in [0.2, 0.25) is 0 Å². The highest BCUT2D eigenvalue weighted by Gasteiger charge is 2.32. The SMILES string of the molecule is C=CCOC(=O)NC/C=C\[C@@H]1C[C@H](S)CN1C(=O)OCC=C. The highest BCUT2D eigenvalue weighted by atomic mass is 32.1. The van der Waals surface area contributed by atoms with Crippen molar-refractivity contribution in [1.29, 1.82) is 0 Å². The third-order valence-corrected chi connectivity index (χ3v) is 3.31. The van der Waals surface area contributed by atoms with Gasteiger partial charge in [-0.15, -0.1) is 0 Å². The van der Waals surface area contributed by atoms with Crippen molar-refractivity contribution < 1.29 is 19.1 Å². The minimum absolute atomic E-state index is 0.0918. The molecule has 122 valence electrons. The molecule has 1 aliphatic heterocycles. The van der Waals surface area contributed by atoms with E-state index in [1.54, 1.807) is 11.0 Å². The predicted molar refractivity (Wildman–Crippen MR) is 88.1 cm³/mol. The van der Waals surface area contributed by atoms with E-state index in [0.717, 1.165) is 6.42 Å². The summed E-state index contributed by atoms with van der Waals surface area (Å²) in [6.45, 7) is 8.16. The Labute approximate surface area is 136 Å². The summed E-state index contributed by atoms with van der Waals surface area (Å²) in [6.07, 6.45) is 6.50. The molecule has 1 fully saturated rings. The highest BCUT2D eigenvalue weighted by molar-refractivity contribution is 7.81. The van der Waals surface area contributed by atoms with Gasteiger partial charge < -0.3 is 19.7 Å². The number of thiol groups is 1. The first-order valence-corrected chi connectivity index (χ1v) is 7.50. The first-order valence-electron chi connectivity index (χ1n) is 6.99. The summed E-state index contributed by atoms with van der Waals surface area (Å²) in [4.78, 5) is 24.7. The van der Waals surface area contributed by atoms with Crippen LogP contribution in [0.2, 0.25) is 0 Å². The average molecular weight is 326 g/mol. The van der Waals surface area contributed by atoms with Gasteiger partial charge in [0.25, 0.3) is 0 Å². The molecule has 0 bridgehead atoms. The topological polar surface area (TPSA) is 67.9 Å². The summed E-state index contributed by atoms with van der Waals surface area (Å²) in [5, 5.41) is 2.68. The largest absolute Gasteiger partial charge is 0.445 e. The number of nitrogens with one attached hydrogen (secondary N) is 1. The fraction of sp³-hybridized carbons (Fsp3) is 0.467. The zero-order chi connectivity index (χ0) is 16.4. The molecular weight excluding hydrogens is 304 g/mol. The van der Waals surface area contributed by atoms with Gasteiger partial charge in [0.1, 0.15) is 13.2 Å². The number of alkyl carbamates (subject to hydrolysis) is 1.